The Morgan fingerprint density at radius 3 is 2.68 bits per heavy atom. The largest absolute Gasteiger partial charge is 0.416 e. The van der Waals surface area contributed by atoms with Crippen molar-refractivity contribution in [3.63, 3.8) is 0 Å². The summed E-state index contributed by atoms with van der Waals surface area (Å²) in [6.45, 7) is 0. The molecule has 132 valence electrons. The lowest BCUT2D eigenvalue weighted by Crippen LogP contribution is -2.19. The van der Waals surface area contributed by atoms with Crippen LogP contribution in [-0.2, 0) is 16.7 Å². The molecule has 0 saturated heterocycles. The predicted octanol–water partition coefficient (Wildman–Crippen LogP) is 4.85. The van der Waals surface area contributed by atoms with Gasteiger partial charge in [0.05, 0.1) is 17.5 Å². The highest BCUT2D eigenvalue weighted by Crippen LogP contribution is 2.29. The van der Waals surface area contributed by atoms with Gasteiger partial charge in [-0.25, -0.2) is 5.43 Å². The van der Waals surface area contributed by atoms with E-state index in [1.165, 1.54) is 30.1 Å². The third-order valence-corrected chi connectivity index (χ3v) is 4.50. The second kappa shape index (κ2) is 9.05. The van der Waals surface area contributed by atoms with Crippen molar-refractivity contribution in [2.45, 2.75) is 11.9 Å². The number of hydrazone groups is 1. The molecule has 0 atom stereocenters. The fourth-order valence-corrected chi connectivity index (χ4v) is 3.11. The Hall–Kier alpha value is -1.80. The number of amides is 1. The van der Waals surface area contributed by atoms with Crippen LogP contribution in [0.25, 0.3) is 0 Å². The maximum absolute atomic E-state index is 12.6. The van der Waals surface area contributed by atoms with Gasteiger partial charge in [0.1, 0.15) is 0 Å². The highest BCUT2D eigenvalue weighted by molar-refractivity contribution is 9.10. The number of benzene rings is 2. The van der Waals surface area contributed by atoms with Crippen LogP contribution in [0.2, 0.25) is 0 Å². The lowest BCUT2D eigenvalue weighted by atomic mass is 10.1. The number of hydrogen-bond acceptors (Lipinski definition) is 3. The van der Waals surface area contributed by atoms with Crippen molar-refractivity contribution in [3.8, 4) is 0 Å². The summed E-state index contributed by atoms with van der Waals surface area (Å²) in [6.07, 6.45) is -3.22. The predicted molar refractivity (Wildman–Crippen MR) is 97.5 cm³/mol. The van der Waals surface area contributed by atoms with Crippen LogP contribution < -0.4 is 5.43 Å². The maximum atomic E-state index is 12.6. The highest BCUT2D eigenvalue weighted by atomic mass is 79.9. The summed E-state index contributed by atoms with van der Waals surface area (Å²) in [5.74, 6) is 0.555. The minimum Gasteiger partial charge on any atom is -0.272 e. The van der Waals surface area contributed by atoms with Crippen LogP contribution in [0.1, 0.15) is 16.7 Å². The molecule has 1 amide bonds. The Morgan fingerprint density at radius 1 is 1.20 bits per heavy atom. The fraction of sp³-hybridized carbons (Fsp3) is 0.176. The minimum atomic E-state index is -4.41. The molecule has 2 aromatic rings. The molecule has 8 heteroatoms. The number of halogens is 4. The summed E-state index contributed by atoms with van der Waals surface area (Å²) in [4.78, 5) is 11.7. The van der Waals surface area contributed by atoms with Crippen LogP contribution in [0.15, 0.2) is 58.1 Å². The molecule has 0 spiro atoms. The molecule has 0 saturated carbocycles. The molecule has 0 aliphatic heterocycles. The van der Waals surface area contributed by atoms with Crippen molar-refractivity contribution in [2.75, 3.05) is 5.75 Å². The van der Waals surface area contributed by atoms with Crippen molar-refractivity contribution in [1.29, 1.82) is 0 Å². The van der Waals surface area contributed by atoms with E-state index in [9.17, 15) is 18.0 Å². The van der Waals surface area contributed by atoms with Gasteiger partial charge in [-0.15, -0.1) is 11.8 Å². The second-order valence-electron chi connectivity index (χ2n) is 5.04. The third kappa shape index (κ3) is 6.91. The first-order valence-corrected chi connectivity index (χ1v) is 9.11. The van der Waals surface area contributed by atoms with E-state index >= 15 is 0 Å². The third-order valence-electron chi connectivity index (χ3n) is 3.01. The second-order valence-corrected chi connectivity index (χ2v) is 6.94. The fourth-order valence-electron chi connectivity index (χ4n) is 1.89. The average molecular weight is 431 g/mol. The van der Waals surface area contributed by atoms with Gasteiger partial charge < -0.3 is 0 Å². The zero-order valence-electron chi connectivity index (χ0n) is 12.9. The number of nitrogens with one attached hydrogen (secondary N) is 1. The zero-order chi connectivity index (χ0) is 18.3. The molecule has 0 aliphatic rings. The van der Waals surface area contributed by atoms with Gasteiger partial charge in [-0.3, -0.25) is 4.79 Å². The number of hydrogen-bond donors (Lipinski definition) is 1. The number of nitrogens with zero attached hydrogens (tertiary/aromatic N) is 1. The molecule has 0 fully saturated rings. The first kappa shape index (κ1) is 19.5. The quantitative estimate of drug-likeness (QED) is 0.525. The van der Waals surface area contributed by atoms with E-state index in [0.717, 1.165) is 22.2 Å². The normalized spacial score (nSPS) is 11.7. The summed E-state index contributed by atoms with van der Waals surface area (Å²) in [7, 11) is 0. The van der Waals surface area contributed by atoms with Crippen LogP contribution in [-0.4, -0.2) is 17.9 Å². The molecule has 0 unspecified atom stereocenters. The minimum absolute atomic E-state index is 0.201. The monoisotopic (exact) mass is 430 g/mol. The van der Waals surface area contributed by atoms with E-state index in [1.807, 2.05) is 24.3 Å². The van der Waals surface area contributed by atoms with Crippen molar-refractivity contribution < 1.29 is 18.0 Å². The molecule has 2 aromatic carbocycles. The van der Waals surface area contributed by atoms with E-state index in [2.05, 4.69) is 26.5 Å². The molecule has 0 heterocycles. The van der Waals surface area contributed by atoms with Crippen molar-refractivity contribution in [2.24, 2.45) is 5.10 Å². The first-order valence-electron chi connectivity index (χ1n) is 7.16. The van der Waals surface area contributed by atoms with Crippen LogP contribution in [0.4, 0.5) is 13.2 Å². The molecular formula is C17H14BrF3N2OS. The number of carbonyl (C=O) groups is 1. The number of alkyl halides is 3. The topological polar surface area (TPSA) is 41.5 Å². The summed E-state index contributed by atoms with van der Waals surface area (Å²) < 4.78 is 38.8. The number of thioether (sulfide) groups is 1. The van der Waals surface area contributed by atoms with Crippen LogP contribution in [0.5, 0.6) is 0 Å². The highest BCUT2D eigenvalue weighted by Gasteiger charge is 2.30. The van der Waals surface area contributed by atoms with E-state index in [0.29, 0.717) is 5.75 Å². The van der Waals surface area contributed by atoms with Gasteiger partial charge in [0.2, 0.25) is 5.91 Å². The van der Waals surface area contributed by atoms with Crippen molar-refractivity contribution >= 4 is 39.8 Å². The molecule has 1 N–H and O–H groups in total. The van der Waals surface area contributed by atoms with Crippen LogP contribution >= 0.6 is 27.7 Å². The van der Waals surface area contributed by atoms with E-state index in [-0.39, 0.29) is 17.2 Å². The van der Waals surface area contributed by atoms with Crippen molar-refractivity contribution in [3.05, 3.63) is 69.7 Å². The Morgan fingerprint density at radius 2 is 1.96 bits per heavy atom. The van der Waals surface area contributed by atoms with Gasteiger partial charge in [-0.05, 0) is 35.4 Å². The summed E-state index contributed by atoms with van der Waals surface area (Å²) in [6, 6.07) is 12.5. The molecular weight excluding hydrogens is 417 g/mol. The van der Waals surface area contributed by atoms with Gasteiger partial charge in [0, 0.05) is 10.2 Å². The van der Waals surface area contributed by atoms with Crippen LogP contribution in [0.3, 0.4) is 0 Å². The first-order chi connectivity index (χ1) is 11.8. The molecule has 0 bridgehead atoms. The lowest BCUT2D eigenvalue weighted by molar-refractivity contribution is -0.137. The maximum Gasteiger partial charge on any atom is 0.416 e. The van der Waals surface area contributed by atoms with E-state index < -0.39 is 11.7 Å². The summed E-state index contributed by atoms with van der Waals surface area (Å²) in [5.41, 5.74) is 2.89. The standard InChI is InChI=1S/C17H14BrF3N2OS/c18-15-6-2-4-13(8-15)10-25-11-16(24)23-22-9-12-3-1-5-14(7-12)17(19,20)21/h1-9H,10-11H2,(H,23,24). The number of carbonyl (C=O) groups excluding carboxylic acids is 1. The molecule has 0 radical (unpaired) electrons. The van der Waals surface area contributed by atoms with Gasteiger partial charge >= 0.3 is 6.18 Å². The SMILES string of the molecule is O=C(CSCc1cccc(Br)c1)NN=Cc1cccc(C(F)(F)F)c1. The molecule has 25 heavy (non-hydrogen) atoms. The van der Waals surface area contributed by atoms with Gasteiger partial charge in [0.15, 0.2) is 0 Å². The molecule has 0 aromatic heterocycles. The smallest absolute Gasteiger partial charge is 0.272 e. The van der Waals surface area contributed by atoms with Gasteiger partial charge in [-0.2, -0.15) is 18.3 Å². The van der Waals surface area contributed by atoms with E-state index in [1.54, 1.807) is 0 Å². The lowest BCUT2D eigenvalue weighted by Gasteiger charge is -2.06. The Kier molecular flexibility index (Phi) is 7.07. The molecule has 0 aliphatic carbocycles. The Balaban J connectivity index is 1.79. The van der Waals surface area contributed by atoms with Crippen molar-refractivity contribution in [1.82, 2.24) is 5.43 Å². The Bertz CT molecular complexity index is 766. The van der Waals surface area contributed by atoms with Crippen LogP contribution in [0, 0.1) is 0 Å². The number of rotatable bonds is 6. The molecule has 2 rings (SSSR count). The van der Waals surface area contributed by atoms with E-state index in [4.69, 9.17) is 0 Å². The molecule has 3 nitrogen and oxygen atoms in total. The zero-order valence-corrected chi connectivity index (χ0v) is 15.3. The summed E-state index contributed by atoms with van der Waals surface area (Å²) in [5, 5.41) is 3.69. The van der Waals surface area contributed by atoms with Gasteiger partial charge in [0.25, 0.3) is 0 Å². The average Bonchev–Trinajstić information content (AvgIpc) is 2.54. The van der Waals surface area contributed by atoms with Gasteiger partial charge in [-0.1, -0.05) is 40.2 Å². The Labute approximate surface area is 155 Å². The summed E-state index contributed by atoms with van der Waals surface area (Å²) >= 11 is 4.80.